The summed E-state index contributed by atoms with van der Waals surface area (Å²) in [6, 6.07) is 25.6. The maximum absolute atomic E-state index is 6.52. The highest BCUT2D eigenvalue weighted by atomic mass is 16.3. The highest BCUT2D eigenvalue weighted by molar-refractivity contribution is 6.18. The molecule has 0 spiro atoms. The number of pyridine rings is 1. The molecule has 1 aliphatic carbocycles. The van der Waals surface area contributed by atoms with E-state index in [-0.39, 0.29) is 5.41 Å². The first-order valence-corrected chi connectivity index (χ1v) is 11.3. The minimum Gasteiger partial charge on any atom is -0.456 e. The summed E-state index contributed by atoms with van der Waals surface area (Å²) >= 11 is 0. The first-order valence-electron chi connectivity index (χ1n) is 11.3. The molecule has 0 N–H and O–H groups in total. The Morgan fingerprint density at radius 3 is 2.48 bits per heavy atom. The van der Waals surface area contributed by atoms with Gasteiger partial charge < -0.3 is 8.83 Å². The normalized spacial score (nSPS) is 14.6. The maximum atomic E-state index is 6.52. The number of rotatable bonds is 0. The molecular formula is C30H19NO2. The lowest BCUT2D eigenvalue weighted by atomic mass is 9.75. The van der Waals surface area contributed by atoms with Gasteiger partial charge in [-0.3, -0.25) is 4.98 Å². The number of benzene rings is 4. The minimum absolute atomic E-state index is 0.235. The molecule has 156 valence electrons. The quantitative estimate of drug-likeness (QED) is 0.245. The number of hydrogen-bond acceptors (Lipinski definition) is 3. The Hall–Kier alpha value is -4.11. The fraction of sp³-hybridized carbons (Fsp3) is 0.100. The van der Waals surface area contributed by atoms with Crippen LogP contribution in [0.25, 0.3) is 65.9 Å². The molecule has 0 amide bonds. The summed E-state index contributed by atoms with van der Waals surface area (Å²) in [6.07, 6.45) is 1.85. The summed E-state index contributed by atoms with van der Waals surface area (Å²) in [5, 5.41) is 6.89. The molecule has 0 saturated carbocycles. The summed E-state index contributed by atoms with van der Waals surface area (Å²) < 4.78 is 12.8. The van der Waals surface area contributed by atoms with Crippen LogP contribution in [0.15, 0.2) is 87.8 Å². The van der Waals surface area contributed by atoms with Crippen LogP contribution in [0.4, 0.5) is 0 Å². The topological polar surface area (TPSA) is 39.2 Å². The molecule has 0 saturated heterocycles. The summed E-state index contributed by atoms with van der Waals surface area (Å²) in [7, 11) is 0. The van der Waals surface area contributed by atoms with Gasteiger partial charge >= 0.3 is 0 Å². The minimum atomic E-state index is -0.235. The summed E-state index contributed by atoms with van der Waals surface area (Å²) in [4.78, 5) is 4.87. The molecule has 3 aromatic heterocycles. The van der Waals surface area contributed by atoms with Crippen molar-refractivity contribution in [3.05, 3.63) is 90.1 Å². The lowest BCUT2D eigenvalue weighted by Crippen LogP contribution is -2.19. The second kappa shape index (κ2) is 5.62. The number of fused-ring (bicyclic) bond motifs is 7. The third-order valence-corrected chi connectivity index (χ3v) is 7.51. The zero-order chi connectivity index (χ0) is 21.9. The van der Waals surface area contributed by atoms with Gasteiger partial charge in [0.25, 0.3) is 0 Å². The van der Waals surface area contributed by atoms with Gasteiger partial charge in [-0.15, -0.1) is 0 Å². The second-order valence-corrected chi connectivity index (χ2v) is 9.60. The highest BCUT2D eigenvalue weighted by Gasteiger charge is 2.35. The van der Waals surface area contributed by atoms with Crippen molar-refractivity contribution in [1.29, 1.82) is 0 Å². The first-order chi connectivity index (χ1) is 16.1. The Balaban J connectivity index is 1.59. The third kappa shape index (κ3) is 2.03. The molecule has 0 unspecified atom stereocenters. The van der Waals surface area contributed by atoms with E-state index in [2.05, 4.69) is 80.6 Å². The fourth-order valence-corrected chi connectivity index (χ4v) is 5.90. The van der Waals surface area contributed by atoms with Crippen LogP contribution >= 0.6 is 0 Å². The first kappa shape index (κ1) is 17.4. The van der Waals surface area contributed by atoms with E-state index in [0.29, 0.717) is 0 Å². The van der Waals surface area contributed by atoms with Gasteiger partial charge in [-0.25, -0.2) is 0 Å². The molecule has 3 nitrogen and oxygen atoms in total. The van der Waals surface area contributed by atoms with Crippen LogP contribution in [0, 0.1) is 0 Å². The Labute approximate surface area is 189 Å². The predicted octanol–water partition coefficient (Wildman–Crippen LogP) is 8.34. The largest absolute Gasteiger partial charge is 0.456 e. The molecule has 1 aliphatic rings. The van der Waals surface area contributed by atoms with Crippen LogP contribution in [0.3, 0.4) is 0 Å². The van der Waals surface area contributed by atoms with Gasteiger partial charge in [0.15, 0.2) is 0 Å². The van der Waals surface area contributed by atoms with Crippen molar-refractivity contribution in [3.8, 4) is 11.3 Å². The Morgan fingerprint density at radius 1 is 0.667 bits per heavy atom. The van der Waals surface area contributed by atoms with E-state index in [1.54, 1.807) is 0 Å². The van der Waals surface area contributed by atoms with Crippen molar-refractivity contribution in [2.24, 2.45) is 0 Å². The van der Waals surface area contributed by atoms with Crippen LogP contribution in [-0.4, -0.2) is 4.98 Å². The number of hydrogen-bond donors (Lipinski definition) is 0. The van der Waals surface area contributed by atoms with Crippen molar-refractivity contribution in [2.75, 3.05) is 0 Å². The number of nitrogens with zero attached hydrogens (tertiary/aromatic N) is 1. The van der Waals surface area contributed by atoms with Crippen LogP contribution in [0.2, 0.25) is 0 Å². The van der Waals surface area contributed by atoms with Crippen LogP contribution in [0.1, 0.15) is 25.0 Å². The lowest BCUT2D eigenvalue weighted by molar-refractivity contribution is 0.642. The van der Waals surface area contributed by atoms with Crippen molar-refractivity contribution < 1.29 is 8.83 Å². The fourth-order valence-electron chi connectivity index (χ4n) is 5.90. The molecular weight excluding hydrogens is 406 g/mol. The monoisotopic (exact) mass is 425 g/mol. The molecule has 7 aromatic rings. The average Bonchev–Trinajstić information content (AvgIpc) is 3.38. The predicted molar refractivity (Wildman–Crippen MR) is 134 cm³/mol. The molecule has 0 atom stereocenters. The van der Waals surface area contributed by atoms with E-state index < -0.39 is 0 Å². The van der Waals surface area contributed by atoms with E-state index in [4.69, 9.17) is 13.8 Å². The van der Waals surface area contributed by atoms with E-state index in [0.717, 1.165) is 55.1 Å². The van der Waals surface area contributed by atoms with Crippen LogP contribution in [-0.2, 0) is 5.41 Å². The van der Waals surface area contributed by atoms with Crippen molar-refractivity contribution in [1.82, 2.24) is 4.98 Å². The third-order valence-electron chi connectivity index (χ3n) is 7.51. The summed E-state index contributed by atoms with van der Waals surface area (Å²) in [5.41, 5.74) is 7.99. The molecule has 4 aromatic carbocycles. The number of furan rings is 2. The van der Waals surface area contributed by atoms with Gasteiger partial charge in [-0.1, -0.05) is 56.3 Å². The van der Waals surface area contributed by atoms with E-state index in [9.17, 15) is 0 Å². The van der Waals surface area contributed by atoms with Crippen molar-refractivity contribution >= 4 is 54.6 Å². The SMILES string of the molecule is CC1(C)c2cc3c(cc2-c2nccc4oc5cccc1c5c24)oc1c2ccccc2ccc31. The van der Waals surface area contributed by atoms with E-state index in [1.165, 1.54) is 21.9 Å². The van der Waals surface area contributed by atoms with E-state index in [1.807, 2.05) is 12.3 Å². The lowest BCUT2D eigenvalue weighted by Gasteiger charge is -2.27. The van der Waals surface area contributed by atoms with Crippen LogP contribution < -0.4 is 0 Å². The zero-order valence-electron chi connectivity index (χ0n) is 18.3. The van der Waals surface area contributed by atoms with Gasteiger partial charge in [0, 0.05) is 38.7 Å². The second-order valence-electron chi connectivity index (χ2n) is 9.60. The Morgan fingerprint density at radius 2 is 1.55 bits per heavy atom. The van der Waals surface area contributed by atoms with E-state index >= 15 is 0 Å². The maximum Gasteiger partial charge on any atom is 0.143 e. The van der Waals surface area contributed by atoms with Gasteiger partial charge in [-0.05, 0) is 46.8 Å². The van der Waals surface area contributed by atoms with Crippen molar-refractivity contribution in [3.63, 3.8) is 0 Å². The summed E-state index contributed by atoms with van der Waals surface area (Å²) in [5.74, 6) is 0. The van der Waals surface area contributed by atoms with Gasteiger partial charge in [0.2, 0.25) is 0 Å². The van der Waals surface area contributed by atoms with Gasteiger partial charge in [-0.2, -0.15) is 0 Å². The molecule has 3 heteroatoms. The Bertz CT molecular complexity index is 1950. The highest BCUT2D eigenvalue weighted by Crippen LogP contribution is 2.50. The smallest absolute Gasteiger partial charge is 0.143 e. The Kier molecular flexibility index (Phi) is 2.97. The molecule has 0 aliphatic heterocycles. The van der Waals surface area contributed by atoms with Gasteiger partial charge in [0.1, 0.15) is 22.3 Å². The molecule has 33 heavy (non-hydrogen) atoms. The molecule has 3 heterocycles. The molecule has 0 radical (unpaired) electrons. The van der Waals surface area contributed by atoms with Crippen LogP contribution in [0.5, 0.6) is 0 Å². The van der Waals surface area contributed by atoms with Crippen molar-refractivity contribution in [2.45, 2.75) is 19.3 Å². The summed E-state index contributed by atoms with van der Waals surface area (Å²) in [6.45, 7) is 4.60. The molecule has 0 fully saturated rings. The molecule has 0 bridgehead atoms. The number of aromatic nitrogens is 1. The van der Waals surface area contributed by atoms with Gasteiger partial charge in [0.05, 0.1) is 11.1 Å². The average molecular weight is 425 g/mol. The zero-order valence-corrected chi connectivity index (χ0v) is 18.3. The standard InChI is InChI=1S/C30H19NO2/c1-30(2)21-8-5-9-23-26(21)27-24(32-23)12-13-31-28(27)20-15-25-19(14-22(20)30)18-11-10-16-6-3-4-7-17(16)29(18)33-25/h3-15H,1-2H3. The molecule has 8 rings (SSSR count).